The lowest BCUT2D eigenvalue weighted by molar-refractivity contribution is 0.0969. The summed E-state index contributed by atoms with van der Waals surface area (Å²) in [4.78, 5) is 42.8. The average Bonchev–Trinajstić information content (AvgIpc) is 2.90. The molecule has 0 bridgehead atoms. The van der Waals surface area contributed by atoms with E-state index in [9.17, 15) is 14.4 Å². The Bertz CT molecular complexity index is 1060. The number of carbonyl (C=O) groups excluding carboxylic acids is 1. The number of ketones is 1. The van der Waals surface area contributed by atoms with E-state index in [1.807, 2.05) is 0 Å². The Morgan fingerprint density at radius 2 is 2.04 bits per heavy atom. The lowest BCUT2D eigenvalue weighted by Gasteiger charge is -2.09. The summed E-state index contributed by atoms with van der Waals surface area (Å²) in [5.41, 5.74) is -0.425. The molecule has 1 N–H and O–H groups in total. The monoisotopic (exact) mass is 392 g/mol. The fraction of sp³-hybridized carbons (Fsp3) is 0.200. The molecule has 3 rings (SSSR count). The van der Waals surface area contributed by atoms with Crippen LogP contribution in [-0.4, -0.2) is 32.0 Å². The van der Waals surface area contributed by atoms with E-state index in [0.717, 1.165) is 0 Å². The van der Waals surface area contributed by atoms with Gasteiger partial charge in [-0.3, -0.25) is 19.1 Å². The molecule has 0 aliphatic heterocycles. The first-order valence-electron chi connectivity index (χ1n) is 6.95. The summed E-state index contributed by atoms with van der Waals surface area (Å²) in [6.45, 7) is -0.126. The van der Waals surface area contributed by atoms with Crippen LogP contribution in [0.4, 0.5) is 0 Å². The van der Waals surface area contributed by atoms with Crippen LogP contribution in [0.1, 0.15) is 10.4 Å². The van der Waals surface area contributed by atoms with Crippen LogP contribution in [0.25, 0.3) is 11.2 Å². The normalized spacial score (nSPS) is 11.0. The molecule has 3 aromatic rings. The van der Waals surface area contributed by atoms with Crippen LogP contribution < -0.4 is 16.0 Å². The van der Waals surface area contributed by atoms with Crippen molar-refractivity contribution in [2.75, 3.05) is 7.11 Å². The van der Waals surface area contributed by atoms with Crippen molar-refractivity contribution >= 4 is 32.9 Å². The molecule has 124 valence electrons. The lowest BCUT2D eigenvalue weighted by Crippen LogP contribution is -2.29. The first kappa shape index (κ1) is 16.2. The molecule has 0 spiro atoms. The van der Waals surface area contributed by atoms with Crippen molar-refractivity contribution in [3.05, 3.63) is 55.4 Å². The van der Waals surface area contributed by atoms with Crippen LogP contribution in [0.2, 0.25) is 0 Å². The molecule has 9 heteroatoms. The number of nitrogens with one attached hydrogen (secondary N) is 1. The Hall–Kier alpha value is -2.68. The predicted octanol–water partition coefficient (Wildman–Crippen LogP) is 1.08. The number of rotatable bonds is 4. The molecular formula is C15H13BrN4O4. The molecule has 0 atom stereocenters. The van der Waals surface area contributed by atoms with Gasteiger partial charge in [-0.2, -0.15) is 0 Å². The molecule has 2 heterocycles. The Balaban J connectivity index is 2.13. The van der Waals surface area contributed by atoms with Crippen LogP contribution in [-0.2, 0) is 13.6 Å². The molecule has 1 aromatic carbocycles. The molecule has 0 amide bonds. The van der Waals surface area contributed by atoms with Gasteiger partial charge in [-0.1, -0.05) is 12.1 Å². The number of aromatic nitrogens is 4. The number of fused-ring (bicyclic) bond motifs is 1. The summed E-state index contributed by atoms with van der Waals surface area (Å²) < 4.78 is 8.11. The number of H-pyrrole nitrogens is 1. The van der Waals surface area contributed by atoms with E-state index in [1.165, 1.54) is 23.3 Å². The highest BCUT2D eigenvalue weighted by atomic mass is 79.9. The highest BCUT2D eigenvalue weighted by molar-refractivity contribution is 9.10. The summed E-state index contributed by atoms with van der Waals surface area (Å²) in [6.07, 6.45) is 0. The van der Waals surface area contributed by atoms with E-state index in [1.54, 1.807) is 24.3 Å². The number of Topliss-reactive ketones (excluding diaryl/α,β-unsaturated/α-hetero) is 1. The summed E-state index contributed by atoms with van der Waals surface area (Å²) in [6, 6.07) is 6.82. The van der Waals surface area contributed by atoms with E-state index in [4.69, 9.17) is 4.74 Å². The second-order valence-electron chi connectivity index (χ2n) is 5.08. The highest BCUT2D eigenvalue weighted by Crippen LogP contribution is 2.21. The fourth-order valence-corrected chi connectivity index (χ4v) is 2.93. The fourth-order valence-electron chi connectivity index (χ4n) is 2.46. The summed E-state index contributed by atoms with van der Waals surface area (Å²) in [5, 5.41) is 0. The number of imidazole rings is 1. The topological polar surface area (TPSA) is 99.0 Å². The third kappa shape index (κ3) is 2.56. The van der Waals surface area contributed by atoms with Crippen molar-refractivity contribution in [1.82, 2.24) is 19.1 Å². The molecule has 0 aliphatic rings. The number of carbonyl (C=O) groups is 1. The zero-order chi connectivity index (χ0) is 17.4. The van der Waals surface area contributed by atoms with Crippen LogP contribution in [0.5, 0.6) is 5.75 Å². The molecule has 8 nitrogen and oxygen atoms in total. The highest BCUT2D eigenvalue weighted by Gasteiger charge is 2.20. The molecular weight excluding hydrogens is 380 g/mol. The summed E-state index contributed by atoms with van der Waals surface area (Å²) in [7, 11) is 2.97. The van der Waals surface area contributed by atoms with Gasteiger partial charge in [0.2, 0.25) is 0 Å². The minimum Gasteiger partial charge on any atom is -0.496 e. The van der Waals surface area contributed by atoms with Gasteiger partial charge < -0.3 is 9.30 Å². The lowest BCUT2D eigenvalue weighted by atomic mass is 10.1. The largest absolute Gasteiger partial charge is 0.496 e. The maximum atomic E-state index is 12.6. The van der Waals surface area contributed by atoms with E-state index in [2.05, 4.69) is 25.9 Å². The maximum Gasteiger partial charge on any atom is 0.329 e. The molecule has 0 aliphatic carbocycles. The smallest absolute Gasteiger partial charge is 0.329 e. The second-order valence-corrected chi connectivity index (χ2v) is 5.79. The first-order valence-corrected chi connectivity index (χ1v) is 7.74. The van der Waals surface area contributed by atoms with Gasteiger partial charge in [0, 0.05) is 7.05 Å². The van der Waals surface area contributed by atoms with E-state index in [0.29, 0.717) is 11.3 Å². The number of hydrogen-bond acceptors (Lipinski definition) is 5. The number of aryl methyl sites for hydroxylation is 1. The first-order chi connectivity index (χ1) is 11.4. The number of ether oxygens (including phenoxy) is 1. The van der Waals surface area contributed by atoms with Gasteiger partial charge in [0.25, 0.3) is 5.56 Å². The molecule has 24 heavy (non-hydrogen) atoms. The number of benzene rings is 1. The molecule has 2 aromatic heterocycles. The Morgan fingerprint density at radius 3 is 2.75 bits per heavy atom. The van der Waals surface area contributed by atoms with Crippen LogP contribution >= 0.6 is 15.9 Å². The molecule has 0 saturated heterocycles. The number of methoxy groups -OCH3 is 1. The van der Waals surface area contributed by atoms with Gasteiger partial charge >= 0.3 is 5.69 Å². The Kier molecular flexibility index (Phi) is 4.10. The van der Waals surface area contributed by atoms with Crippen molar-refractivity contribution in [3.63, 3.8) is 0 Å². The SMILES string of the molecule is COc1ccccc1C(=O)Cn1c(Br)nc2c1c(=O)[nH]c(=O)n2C. The van der Waals surface area contributed by atoms with E-state index >= 15 is 0 Å². The molecule has 0 unspecified atom stereocenters. The van der Waals surface area contributed by atoms with Crippen LogP contribution in [0.3, 0.4) is 0 Å². The number of halogens is 1. The van der Waals surface area contributed by atoms with E-state index in [-0.39, 0.29) is 28.2 Å². The predicted molar refractivity (Wildman–Crippen MR) is 90.6 cm³/mol. The van der Waals surface area contributed by atoms with Crippen LogP contribution in [0.15, 0.2) is 38.6 Å². The van der Waals surface area contributed by atoms with Gasteiger partial charge in [-0.25, -0.2) is 9.78 Å². The Labute approximate surface area is 143 Å². The third-order valence-corrected chi connectivity index (χ3v) is 4.28. The molecule has 0 radical (unpaired) electrons. The zero-order valence-corrected chi connectivity index (χ0v) is 14.5. The second kappa shape index (κ2) is 6.08. The van der Waals surface area contributed by atoms with Crippen molar-refractivity contribution < 1.29 is 9.53 Å². The number of aromatic amines is 1. The van der Waals surface area contributed by atoms with Gasteiger partial charge in [0.05, 0.1) is 19.2 Å². The quantitative estimate of drug-likeness (QED) is 0.528. The molecule has 0 saturated carbocycles. The number of nitrogens with zero attached hydrogens (tertiary/aromatic N) is 3. The summed E-state index contributed by atoms with van der Waals surface area (Å²) >= 11 is 3.24. The third-order valence-electron chi connectivity index (χ3n) is 3.67. The van der Waals surface area contributed by atoms with Crippen molar-refractivity contribution in [2.24, 2.45) is 7.05 Å². The maximum absolute atomic E-state index is 12.6. The van der Waals surface area contributed by atoms with Crippen molar-refractivity contribution in [2.45, 2.75) is 6.54 Å². The minimum atomic E-state index is -0.598. The standard InChI is InChI=1S/C15H13BrN4O4/c1-19-12-11(13(22)18-15(19)23)20(14(16)17-12)7-9(21)8-5-3-4-6-10(8)24-2/h3-6H,7H2,1-2H3,(H,18,22,23). The minimum absolute atomic E-state index is 0.126. The van der Waals surface area contributed by atoms with Crippen molar-refractivity contribution in [1.29, 1.82) is 0 Å². The summed E-state index contributed by atoms with van der Waals surface area (Å²) in [5.74, 6) is 0.199. The van der Waals surface area contributed by atoms with E-state index < -0.39 is 11.2 Å². The Morgan fingerprint density at radius 1 is 1.33 bits per heavy atom. The average molecular weight is 393 g/mol. The zero-order valence-electron chi connectivity index (χ0n) is 12.9. The molecule has 0 fully saturated rings. The van der Waals surface area contributed by atoms with Gasteiger partial charge in [-0.05, 0) is 28.1 Å². The van der Waals surface area contributed by atoms with Gasteiger partial charge in [0.15, 0.2) is 21.7 Å². The van der Waals surface area contributed by atoms with Gasteiger partial charge in [0.1, 0.15) is 5.75 Å². The van der Waals surface area contributed by atoms with Crippen molar-refractivity contribution in [3.8, 4) is 5.75 Å². The number of hydrogen-bond donors (Lipinski definition) is 1. The van der Waals surface area contributed by atoms with Gasteiger partial charge in [-0.15, -0.1) is 0 Å². The van der Waals surface area contributed by atoms with Crippen LogP contribution in [0, 0.1) is 0 Å². The number of para-hydroxylation sites is 1.